The molecule has 1 aliphatic heterocycles. The maximum atomic E-state index is 12.2. The summed E-state index contributed by atoms with van der Waals surface area (Å²) in [6.45, 7) is 3.66. The summed E-state index contributed by atoms with van der Waals surface area (Å²) in [5, 5.41) is 3.36. The topological polar surface area (TPSA) is 29.5 Å². The Bertz CT molecular complexity index is 1190. The lowest BCUT2D eigenvalue weighted by Crippen LogP contribution is -2.37. The third kappa shape index (κ3) is 3.72. The highest BCUT2D eigenvalue weighted by atomic mass is 35.5. The average Bonchev–Trinajstić information content (AvgIpc) is 2.96. The molecule has 1 fully saturated rings. The normalized spacial score (nSPS) is 16.0. The van der Waals surface area contributed by atoms with Crippen molar-refractivity contribution in [1.82, 2.24) is 4.90 Å². The Balaban J connectivity index is 1.68. The Morgan fingerprint density at radius 1 is 0.968 bits per heavy atom. The van der Waals surface area contributed by atoms with Gasteiger partial charge in [0.1, 0.15) is 0 Å². The van der Waals surface area contributed by atoms with Gasteiger partial charge in [-0.1, -0.05) is 59.6 Å². The molecule has 0 bridgehead atoms. The van der Waals surface area contributed by atoms with Crippen molar-refractivity contribution in [3.8, 4) is 0 Å². The molecule has 0 saturated carbocycles. The number of hydrogen-bond donors (Lipinski definition) is 0. The molecule has 2 aliphatic rings. The number of hydrogen-bond acceptors (Lipinski definition) is 2. The highest BCUT2D eigenvalue weighted by molar-refractivity contribution is 6.30. The zero-order valence-electron chi connectivity index (χ0n) is 17.8. The molecule has 1 saturated heterocycles. The summed E-state index contributed by atoms with van der Waals surface area (Å²) in [5.41, 5.74) is 8.12. The highest BCUT2D eigenvalue weighted by Crippen LogP contribution is 2.42. The molecule has 158 valence electrons. The molecule has 3 aromatic carbocycles. The first-order valence-corrected chi connectivity index (χ1v) is 11.5. The van der Waals surface area contributed by atoms with Crippen LogP contribution in [-0.4, -0.2) is 30.7 Å². The Morgan fingerprint density at radius 3 is 2.55 bits per heavy atom. The third-order valence-corrected chi connectivity index (χ3v) is 6.75. The van der Waals surface area contributed by atoms with Crippen LogP contribution in [0, 0.1) is 0 Å². The van der Waals surface area contributed by atoms with E-state index < -0.39 is 0 Å². The molecule has 0 radical (unpaired) electrons. The van der Waals surface area contributed by atoms with Crippen LogP contribution in [0.1, 0.15) is 42.0 Å². The molecule has 3 aromatic rings. The third-order valence-electron chi connectivity index (χ3n) is 6.51. The number of aryl methyl sites for hydroxylation is 2. The summed E-state index contributed by atoms with van der Waals surface area (Å²) >= 11 is 6.38. The fraction of sp³-hybridized carbons (Fsp3) is 0.296. The Morgan fingerprint density at radius 2 is 1.74 bits per heavy atom. The first kappa shape index (κ1) is 20.1. The number of likely N-dealkylation sites (tertiary alicyclic amines) is 1. The molecule has 1 aliphatic carbocycles. The van der Waals surface area contributed by atoms with E-state index in [0.29, 0.717) is 19.7 Å². The van der Waals surface area contributed by atoms with Gasteiger partial charge < -0.3 is 9.64 Å². The Labute approximate surface area is 188 Å². The van der Waals surface area contributed by atoms with Crippen molar-refractivity contribution in [3.63, 3.8) is 0 Å². The number of halogens is 1. The van der Waals surface area contributed by atoms with Crippen LogP contribution in [0.4, 0.5) is 4.79 Å². The van der Waals surface area contributed by atoms with Crippen LogP contribution in [0.5, 0.6) is 0 Å². The van der Waals surface area contributed by atoms with E-state index in [-0.39, 0.29) is 6.09 Å². The van der Waals surface area contributed by atoms with E-state index in [1.807, 2.05) is 17.9 Å². The fourth-order valence-corrected chi connectivity index (χ4v) is 5.22. The van der Waals surface area contributed by atoms with Crippen LogP contribution in [0.15, 0.2) is 60.2 Å². The van der Waals surface area contributed by atoms with Gasteiger partial charge in [-0.15, -0.1) is 0 Å². The summed E-state index contributed by atoms with van der Waals surface area (Å²) in [4.78, 5) is 14.0. The van der Waals surface area contributed by atoms with Gasteiger partial charge in [0, 0.05) is 18.1 Å². The van der Waals surface area contributed by atoms with E-state index >= 15 is 0 Å². The second-order valence-corrected chi connectivity index (χ2v) is 8.72. The van der Waals surface area contributed by atoms with Gasteiger partial charge in [0.25, 0.3) is 0 Å². The lowest BCUT2D eigenvalue weighted by atomic mass is 9.84. The fourth-order valence-electron chi connectivity index (χ4n) is 5.03. The number of rotatable bonds is 1. The number of carbonyl (C=O) groups excluding carboxylic acids is 1. The quantitative estimate of drug-likeness (QED) is 0.432. The lowest BCUT2D eigenvalue weighted by Gasteiger charge is -2.30. The molecule has 5 rings (SSSR count). The van der Waals surface area contributed by atoms with E-state index in [4.69, 9.17) is 16.3 Å². The number of piperidine rings is 1. The molecule has 0 unspecified atom stereocenters. The number of nitrogens with zero attached hydrogens (tertiary/aromatic N) is 1. The van der Waals surface area contributed by atoms with Gasteiger partial charge in [0.15, 0.2) is 0 Å². The Hall–Kier alpha value is -2.78. The molecule has 0 aromatic heterocycles. The molecule has 4 heteroatoms. The van der Waals surface area contributed by atoms with E-state index in [9.17, 15) is 4.79 Å². The van der Waals surface area contributed by atoms with Gasteiger partial charge in [-0.2, -0.15) is 0 Å². The van der Waals surface area contributed by atoms with Gasteiger partial charge in [-0.3, -0.25) is 0 Å². The first-order chi connectivity index (χ1) is 15.2. The van der Waals surface area contributed by atoms with Crippen LogP contribution in [-0.2, 0) is 17.6 Å². The zero-order chi connectivity index (χ0) is 21.4. The standard InChI is InChI=1S/C27H26ClNO2/c1-2-31-27(30)29-15-13-20(14-16-29)26-24-12-11-22(28)17-21(24)10-9-19-8-7-18-5-3-4-6-23(18)25(19)26/h3-8,11-12,17H,2,9-10,13-16H2,1H3. The molecular formula is C27H26ClNO2. The van der Waals surface area contributed by atoms with E-state index in [1.165, 1.54) is 44.2 Å². The molecule has 1 heterocycles. The monoisotopic (exact) mass is 431 g/mol. The predicted molar refractivity (Wildman–Crippen MR) is 127 cm³/mol. The van der Waals surface area contributed by atoms with Crippen molar-refractivity contribution in [2.75, 3.05) is 19.7 Å². The lowest BCUT2D eigenvalue weighted by molar-refractivity contribution is 0.104. The van der Waals surface area contributed by atoms with Crippen molar-refractivity contribution >= 4 is 34.0 Å². The number of benzene rings is 3. The minimum atomic E-state index is -0.203. The van der Waals surface area contributed by atoms with Gasteiger partial charge in [0.2, 0.25) is 0 Å². The Kier molecular flexibility index (Phi) is 5.45. The maximum absolute atomic E-state index is 12.2. The second kappa shape index (κ2) is 8.39. The average molecular weight is 432 g/mol. The molecule has 31 heavy (non-hydrogen) atoms. The second-order valence-electron chi connectivity index (χ2n) is 8.29. The summed E-state index contributed by atoms with van der Waals surface area (Å²) in [6.07, 6.45) is 3.50. The van der Waals surface area contributed by atoms with Gasteiger partial charge in [0.05, 0.1) is 6.61 Å². The van der Waals surface area contributed by atoms with Crippen LogP contribution < -0.4 is 0 Å². The molecular weight excluding hydrogens is 406 g/mol. The van der Waals surface area contributed by atoms with Gasteiger partial charge in [-0.05, 0) is 83.3 Å². The summed E-state index contributed by atoms with van der Waals surface area (Å²) in [7, 11) is 0. The highest BCUT2D eigenvalue weighted by Gasteiger charge is 2.27. The first-order valence-electron chi connectivity index (χ1n) is 11.1. The zero-order valence-corrected chi connectivity index (χ0v) is 18.5. The summed E-state index contributed by atoms with van der Waals surface area (Å²) in [6, 6.07) is 19.5. The molecule has 0 N–H and O–H groups in total. The van der Waals surface area contributed by atoms with Gasteiger partial charge >= 0.3 is 6.09 Å². The van der Waals surface area contributed by atoms with E-state index in [1.54, 1.807) is 0 Å². The number of ether oxygens (including phenoxy) is 1. The number of carbonyl (C=O) groups is 1. The van der Waals surface area contributed by atoms with Crippen molar-refractivity contribution in [2.45, 2.75) is 32.6 Å². The van der Waals surface area contributed by atoms with Crippen LogP contribution in [0.2, 0.25) is 5.02 Å². The van der Waals surface area contributed by atoms with Crippen molar-refractivity contribution in [3.05, 3.63) is 87.4 Å². The van der Waals surface area contributed by atoms with Crippen molar-refractivity contribution in [2.24, 2.45) is 0 Å². The number of amides is 1. The maximum Gasteiger partial charge on any atom is 0.409 e. The summed E-state index contributed by atoms with van der Waals surface area (Å²) < 4.78 is 5.22. The molecule has 3 nitrogen and oxygen atoms in total. The minimum absolute atomic E-state index is 0.203. The van der Waals surface area contributed by atoms with Crippen LogP contribution in [0.25, 0.3) is 16.3 Å². The van der Waals surface area contributed by atoms with Crippen molar-refractivity contribution < 1.29 is 9.53 Å². The summed E-state index contributed by atoms with van der Waals surface area (Å²) in [5.74, 6) is 0. The largest absolute Gasteiger partial charge is 0.450 e. The van der Waals surface area contributed by atoms with Crippen molar-refractivity contribution in [1.29, 1.82) is 0 Å². The smallest absolute Gasteiger partial charge is 0.409 e. The van der Waals surface area contributed by atoms with Crippen LogP contribution >= 0.6 is 11.6 Å². The minimum Gasteiger partial charge on any atom is -0.450 e. The van der Waals surface area contributed by atoms with Gasteiger partial charge in [-0.25, -0.2) is 4.79 Å². The van der Waals surface area contributed by atoms with Crippen LogP contribution in [0.3, 0.4) is 0 Å². The number of fused-ring (bicyclic) bond motifs is 4. The molecule has 0 spiro atoms. The molecule has 1 amide bonds. The SMILES string of the molecule is CCOC(=O)N1CCC(=C2c3ccc(Cl)cc3CCc3ccc4ccccc4c32)CC1. The predicted octanol–water partition coefficient (Wildman–Crippen LogP) is 6.65. The van der Waals surface area contributed by atoms with E-state index in [2.05, 4.69) is 48.5 Å². The molecule has 0 atom stereocenters. The van der Waals surface area contributed by atoms with E-state index in [0.717, 1.165) is 30.7 Å².